The molecular formula is C18H28N6O. The largest absolute Gasteiger partial charge is 0.350 e. The molecule has 2 atom stereocenters. The van der Waals surface area contributed by atoms with E-state index in [0.717, 1.165) is 19.4 Å². The molecular weight excluding hydrogens is 316 g/mol. The van der Waals surface area contributed by atoms with Crippen LogP contribution in [0.2, 0.25) is 0 Å². The van der Waals surface area contributed by atoms with E-state index in [1.54, 1.807) is 6.33 Å². The molecule has 1 aliphatic heterocycles. The summed E-state index contributed by atoms with van der Waals surface area (Å²) >= 11 is 0. The first-order valence-electron chi connectivity index (χ1n) is 8.95. The van der Waals surface area contributed by atoms with E-state index in [1.807, 2.05) is 30.3 Å². The number of amides is 1. The lowest BCUT2D eigenvalue weighted by Gasteiger charge is -2.39. The van der Waals surface area contributed by atoms with Crippen LogP contribution in [0.1, 0.15) is 55.0 Å². The minimum Gasteiger partial charge on any atom is -0.350 e. The Morgan fingerprint density at radius 2 is 2.16 bits per heavy atom. The van der Waals surface area contributed by atoms with E-state index in [0.29, 0.717) is 24.2 Å². The summed E-state index contributed by atoms with van der Waals surface area (Å²) in [7, 11) is 4.18. The summed E-state index contributed by atoms with van der Waals surface area (Å²) in [5, 5.41) is 3.08. The van der Waals surface area contributed by atoms with Gasteiger partial charge in [0.25, 0.3) is 5.91 Å². The van der Waals surface area contributed by atoms with Crippen LogP contribution < -0.4 is 5.32 Å². The van der Waals surface area contributed by atoms with Gasteiger partial charge in [-0.1, -0.05) is 0 Å². The van der Waals surface area contributed by atoms with Crippen LogP contribution in [0.3, 0.4) is 0 Å². The number of hydrogen-bond donors (Lipinski definition) is 1. The van der Waals surface area contributed by atoms with Crippen molar-refractivity contribution in [3.8, 4) is 0 Å². The second kappa shape index (κ2) is 7.39. The number of hydrogen-bond acceptors (Lipinski definition) is 4. The second-order valence-electron chi connectivity index (χ2n) is 7.27. The number of piperidine rings is 1. The van der Waals surface area contributed by atoms with E-state index in [-0.39, 0.29) is 11.9 Å². The number of likely N-dealkylation sites (tertiary alicyclic amines) is 1. The van der Waals surface area contributed by atoms with E-state index in [1.165, 1.54) is 5.69 Å². The van der Waals surface area contributed by atoms with Gasteiger partial charge in [-0.2, -0.15) is 0 Å². The Hall–Kier alpha value is -2.15. The van der Waals surface area contributed by atoms with Gasteiger partial charge in [0.05, 0.1) is 24.4 Å². The number of aryl methyl sites for hydroxylation is 1. The van der Waals surface area contributed by atoms with Crippen LogP contribution in [0, 0.1) is 5.92 Å². The lowest BCUT2D eigenvalue weighted by atomic mass is 9.87. The minimum atomic E-state index is -0.101. The number of rotatable bonds is 5. The lowest BCUT2D eigenvalue weighted by Crippen LogP contribution is -2.42. The van der Waals surface area contributed by atoms with E-state index in [4.69, 9.17) is 0 Å². The van der Waals surface area contributed by atoms with Crippen LogP contribution >= 0.6 is 0 Å². The Kier molecular flexibility index (Phi) is 5.22. The van der Waals surface area contributed by atoms with E-state index >= 15 is 0 Å². The van der Waals surface area contributed by atoms with Crippen molar-refractivity contribution in [1.29, 1.82) is 0 Å². The summed E-state index contributed by atoms with van der Waals surface area (Å²) < 4.78 is 4.02. The van der Waals surface area contributed by atoms with Gasteiger partial charge in [-0.05, 0) is 46.2 Å². The van der Waals surface area contributed by atoms with Crippen molar-refractivity contribution in [3.05, 3.63) is 36.4 Å². The van der Waals surface area contributed by atoms with Gasteiger partial charge in [0, 0.05) is 32.0 Å². The van der Waals surface area contributed by atoms with Crippen molar-refractivity contribution >= 4 is 5.91 Å². The first-order valence-corrected chi connectivity index (χ1v) is 8.95. The first kappa shape index (κ1) is 17.7. The number of imidazole rings is 2. The Balaban J connectivity index is 1.67. The SMILES string of the molecule is CC(C)n1cnc(C(=O)NC[C@@H]2CCCN(C)[C@H]2c2cncn2C)c1. The second-order valence-corrected chi connectivity index (χ2v) is 7.27. The van der Waals surface area contributed by atoms with Crippen molar-refractivity contribution < 1.29 is 4.79 Å². The van der Waals surface area contributed by atoms with Crippen LogP contribution in [-0.4, -0.2) is 50.0 Å². The van der Waals surface area contributed by atoms with Gasteiger partial charge in [0.1, 0.15) is 5.69 Å². The summed E-state index contributed by atoms with van der Waals surface area (Å²) in [6, 6.07) is 0.574. The van der Waals surface area contributed by atoms with E-state index < -0.39 is 0 Å². The van der Waals surface area contributed by atoms with E-state index in [9.17, 15) is 4.79 Å². The molecule has 1 amide bonds. The zero-order chi connectivity index (χ0) is 18.0. The number of aromatic nitrogens is 4. The van der Waals surface area contributed by atoms with Gasteiger partial charge >= 0.3 is 0 Å². The fourth-order valence-electron chi connectivity index (χ4n) is 3.64. The Morgan fingerprint density at radius 1 is 1.36 bits per heavy atom. The van der Waals surface area contributed by atoms with Gasteiger partial charge in [-0.25, -0.2) is 9.97 Å². The summed E-state index contributed by atoms with van der Waals surface area (Å²) in [6.07, 6.45) is 9.55. The lowest BCUT2D eigenvalue weighted by molar-refractivity contribution is 0.0878. The van der Waals surface area contributed by atoms with Crippen molar-refractivity contribution in [3.63, 3.8) is 0 Å². The zero-order valence-electron chi connectivity index (χ0n) is 15.5. The van der Waals surface area contributed by atoms with E-state index in [2.05, 4.69) is 45.6 Å². The van der Waals surface area contributed by atoms with Crippen molar-refractivity contribution in [1.82, 2.24) is 29.3 Å². The Labute approximate surface area is 149 Å². The van der Waals surface area contributed by atoms with Crippen molar-refractivity contribution in [2.45, 2.75) is 38.8 Å². The summed E-state index contributed by atoms with van der Waals surface area (Å²) in [5.74, 6) is 0.265. The fraction of sp³-hybridized carbons (Fsp3) is 0.611. The van der Waals surface area contributed by atoms with Gasteiger partial charge in [0.2, 0.25) is 0 Å². The molecule has 7 heteroatoms. The number of nitrogens with zero attached hydrogens (tertiary/aromatic N) is 5. The molecule has 25 heavy (non-hydrogen) atoms. The van der Waals surface area contributed by atoms with Crippen LogP contribution in [0.4, 0.5) is 0 Å². The molecule has 0 aromatic carbocycles. The predicted molar refractivity (Wildman–Crippen MR) is 96.2 cm³/mol. The molecule has 0 aliphatic carbocycles. The third kappa shape index (κ3) is 3.76. The maximum Gasteiger partial charge on any atom is 0.271 e. The molecule has 0 radical (unpaired) electrons. The molecule has 2 aromatic heterocycles. The molecule has 0 unspecified atom stereocenters. The standard InChI is InChI=1S/C18H28N6O/c1-13(2)24-10-15(21-12-24)18(25)20-8-14-6-5-7-22(3)17(14)16-9-19-11-23(16)4/h9-14,17H,5-8H2,1-4H3,(H,20,25)/t14-,17+/m0/s1. The molecule has 1 N–H and O–H groups in total. The van der Waals surface area contributed by atoms with Crippen LogP contribution in [0.5, 0.6) is 0 Å². The molecule has 7 nitrogen and oxygen atoms in total. The van der Waals surface area contributed by atoms with Crippen molar-refractivity contribution in [2.75, 3.05) is 20.1 Å². The molecule has 2 aromatic rings. The number of carbonyl (C=O) groups excluding carboxylic acids is 1. The Bertz CT molecular complexity index is 719. The monoisotopic (exact) mass is 344 g/mol. The molecule has 1 saturated heterocycles. The van der Waals surface area contributed by atoms with Gasteiger partial charge < -0.3 is 14.5 Å². The van der Waals surface area contributed by atoms with Gasteiger partial charge in [-0.15, -0.1) is 0 Å². The highest BCUT2D eigenvalue weighted by Crippen LogP contribution is 2.34. The smallest absolute Gasteiger partial charge is 0.271 e. The normalized spacial score (nSPS) is 21.6. The molecule has 1 fully saturated rings. The van der Waals surface area contributed by atoms with Crippen molar-refractivity contribution in [2.24, 2.45) is 13.0 Å². The summed E-state index contributed by atoms with van der Waals surface area (Å²) in [5.41, 5.74) is 1.68. The van der Waals surface area contributed by atoms with Crippen LogP contribution in [0.15, 0.2) is 25.0 Å². The van der Waals surface area contributed by atoms with Gasteiger partial charge in [0.15, 0.2) is 0 Å². The third-order valence-electron chi connectivity index (χ3n) is 5.12. The maximum atomic E-state index is 12.4. The van der Waals surface area contributed by atoms with Crippen LogP contribution in [0.25, 0.3) is 0 Å². The topological polar surface area (TPSA) is 68.0 Å². The molecule has 0 spiro atoms. The molecule has 0 bridgehead atoms. The summed E-state index contributed by atoms with van der Waals surface area (Å²) in [4.78, 5) is 23.3. The molecule has 3 rings (SSSR count). The highest BCUT2D eigenvalue weighted by atomic mass is 16.1. The minimum absolute atomic E-state index is 0.101. The number of carbonyl (C=O) groups is 1. The highest BCUT2D eigenvalue weighted by molar-refractivity contribution is 5.92. The van der Waals surface area contributed by atoms with Crippen LogP contribution in [-0.2, 0) is 7.05 Å². The molecule has 3 heterocycles. The molecule has 1 aliphatic rings. The number of nitrogens with one attached hydrogen (secondary N) is 1. The molecule has 136 valence electrons. The zero-order valence-corrected chi connectivity index (χ0v) is 15.5. The average molecular weight is 344 g/mol. The molecule has 0 saturated carbocycles. The first-order chi connectivity index (χ1) is 12.0. The Morgan fingerprint density at radius 3 is 2.80 bits per heavy atom. The highest BCUT2D eigenvalue weighted by Gasteiger charge is 2.32. The fourth-order valence-corrected chi connectivity index (χ4v) is 3.64. The average Bonchev–Trinajstić information content (AvgIpc) is 3.22. The quantitative estimate of drug-likeness (QED) is 0.901. The van der Waals surface area contributed by atoms with Gasteiger partial charge in [-0.3, -0.25) is 9.69 Å². The summed E-state index contributed by atoms with van der Waals surface area (Å²) in [6.45, 7) is 5.85. The maximum absolute atomic E-state index is 12.4. The third-order valence-corrected chi connectivity index (χ3v) is 5.12. The predicted octanol–water partition coefficient (Wildman–Crippen LogP) is 2.01.